The third kappa shape index (κ3) is 4.08. The van der Waals surface area contributed by atoms with Crippen molar-refractivity contribution in [1.29, 1.82) is 0 Å². The summed E-state index contributed by atoms with van der Waals surface area (Å²) in [5, 5.41) is 2.91. The van der Waals surface area contributed by atoms with Gasteiger partial charge in [-0.1, -0.05) is 48.5 Å². The van der Waals surface area contributed by atoms with Crippen molar-refractivity contribution in [1.82, 2.24) is 5.32 Å². The molecule has 0 saturated carbocycles. The second-order valence-electron chi connectivity index (χ2n) is 6.73. The van der Waals surface area contributed by atoms with Crippen molar-refractivity contribution in [2.45, 2.75) is 38.8 Å². The minimum Gasteiger partial charge on any atom is -0.359 e. The van der Waals surface area contributed by atoms with Crippen LogP contribution in [-0.4, -0.2) is 30.3 Å². The monoisotopic (exact) mass is 336 g/mol. The molecule has 4 heteroatoms. The Labute approximate surface area is 148 Å². The largest absolute Gasteiger partial charge is 0.359 e. The van der Waals surface area contributed by atoms with E-state index in [1.54, 1.807) is 0 Å². The van der Waals surface area contributed by atoms with Crippen LogP contribution >= 0.6 is 0 Å². The predicted octanol–water partition coefficient (Wildman–Crippen LogP) is 2.75. The highest BCUT2D eigenvalue weighted by molar-refractivity contribution is 5.90. The number of para-hydroxylation sites is 1. The number of ketones is 1. The lowest BCUT2D eigenvalue weighted by molar-refractivity contribution is -0.126. The lowest BCUT2D eigenvalue weighted by atomic mass is 10.0. The highest BCUT2D eigenvalue weighted by Crippen LogP contribution is 2.31. The van der Waals surface area contributed by atoms with Crippen molar-refractivity contribution in [3.05, 3.63) is 65.7 Å². The molecule has 1 amide bonds. The van der Waals surface area contributed by atoms with E-state index in [-0.39, 0.29) is 24.3 Å². The van der Waals surface area contributed by atoms with Crippen LogP contribution in [0, 0.1) is 0 Å². The van der Waals surface area contributed by atoms with E-state index >= 15 is 0 Å². The molecule has 0 saturated heterocycles. The first-order valence-corrected chi connectivity index (χ1v) is 8.73. The minimum atomic E-state index is -0.483. The number of carbonyl (C=O) groups excluding carboxylic acids is 2. The number of benzene rings is 2. The second-order valence-corrected chi connectivity index (χ2v) is 6.73. The first-order valence-electron chi connectivity index (χ1n) is 8.73. The molecule has 1 aliphatic heterocycles. The molecule has 2 aromatic carbocycles. The fourth-order valence-corrected chi connectivity index (χ4v) is 3.41. The molecule has 0 fully saturated rings. The number of nitrogens with one attached hydrogen (secondary N) is 1. The summed E-state index contributed by atoms with van der Waals surface area (Å²) in [4.78, 5) is 26.6. The molecule has 1 heterocycles. The van der Waals surface area contributed by atoms with E-state index in [1.807, 2.05) is 42.5 Å². The van der Waals surface area contributed by atoms with Gasteiger partial charge in [-0.05, 0) is 43.9 Å². The molecule has 1 aliphatic rings. The summed E-state index contributed by atoms with van der Waals surface area (Å²) < 4.78 is 0. The van der Waals surface area contributed by atoms with E-state index in [0.29, 0.717) is 6.42 Å². The average Bonchev–Trinajstić information content (AvgIpc) is 2.91. The first kappa shape index (κ1) is 17.2. The molecule has 0 aromatic heterocycles. The van der Waals surface area contributed by atoms with E-state index in [9.17, 15) is 9.59 Å². The highest BCUT2D eigenvalue weighted by Gasteiger charge is 2.28. The van der Waals surface area contributed by atoms with Crippen LogP contribution in [0.4, 0.5) is 5.69 Å². The van der Waals surface area contributed by atoms with Crippen molar-refractivity contribution in [3.63, 3.8) is 0 Å². The SMILES string of the molecule is CC(=O)[C@H](Cc1ccccc1)NC(=O)CN1c2ccccc2C[C@H]1C. The number of carbonyl (C=O) groups is 2. The zero-order valence-corrected chi connectivity index (χ0v) is 14.7. The third-order valence-corrected chi connectivity index (χ3v) is 4.77. The van der Waals surface area contributed by atoms with Gasteiger partial charge in [0.05, 0.1) is 12.6 Å². The van der Waals surface area contributed by atoms with Gasteiger partial charge in [0.2, 0.25) is 5.91 Å². The Bertz CT molecular complexity index is 758. The summed E-state index contributed by atoms with van der Waals surface area (Å²) in [5.41, 5.74) is 3.44. The van der Waals surface area contributed by atoms with Crippen molar-refractivity contribution in [2.75, 3.05) is 11.4 Å². The zero-order chi connectivity index (χ0) is 17.8. The van der Waals surface area contributed by atoms with Crippen LogP contribution < -0.4 is 10.2 Å². The number of nitrogens with zero attached hydrogens (tertiary/aromatic N) is 1. The van der Waals surface area contributed by atoms with Gasteiger partial charge in [-0.25, -0.2) is 0 Å². The van der Waals surface area contributed by atoms with Crippen LogP contribution in [0.25, 0.3) is 0 Å². The molecule has 3 rings (SSSR count). The van der Waals surface area contributed by atoms with E-state index in [0.717, 1.165) is 17.7 Å². The molecule has 130 valence electrons. The highest BCUT2D eigenvalue weighted by atomic mass is 16.2. The molecule has 1 N–H and O–H groups in total. The number of amides is 1. The van der Waals surface area contributed by atoms with E-state index in [4.69, 9.17) is 0 Å². The third-order valence-electron chi connectivity index (χ3n) is 4.77. The maximum Gasteiger partial charge on any atom is 0.240 e. The molecule has 2 aromatic rings. The molecular weight excluding hydrogens is 312 g/mol. The molecule has 0 spiro atoms. The van der Waals surface area contributed by atoms with Gasteiger partial charge in [0, 0.05) is 11.7 Å². The molecule has 0 aliphatic carbocycles. The smallest absolute Gasteiger partial charge is 0.240 e. The number of anilines is 1. The molecular formula is C21H24N2O2. The Hall–Kier alpha value is -2.62. The van der Waals surface area contributed by atoms with Crippen LogP contribution in [0.3, 0.4) is 0 Å². The number of Topliss-reactive ketones (excluding diaryl/α,β-unsaturated/α-hetero) is 1. The summed E-state index contributed by atoms with van der Waals surface area (Å²) in [7, 11) is 0. The van der Waals surface area contributed by atoms with Gasteiger partial charge in [-0.15, -0.1) is 0 Å². The molecule has 4 nitrogen and oxygen atoms in total. The maximum absolute atomic E-state index is 12.6. The summed E-state index contributed by atoms with van der Waals surface area (Å²) in [5.74, 6) is -0.133. The summed E-state index contributed by atoms with van der Waals surface area (Å²) in [6.07, 6.45) is 1.47. The Morgan fingerprint density at radius 1 is 1.12 bits per heavy atom. The molecule has 0 radical (unpaired) electrons. The molecule has 2 atom stereocenters. The van der Waals surface area contributed by atoms with Crippen LogP contribution in [0.2, 0.25) is 0 Å². The summed E-state index contributed by atoms with van der Waals surface area (Å²) >= 11 is 0. The lowest BCUT2D eigenvalue weighted by Crippen LogP contribution is -2.47. The second kappa shape index (κ2) is 7.51. The van der Waals surface area contributed by atoms with Crippen molar-refractivity contribution in [3.8, 4) is 0 Å². The Kier molecular flexibility index (Phi) is 5.17. The van der Waals surface area contributed by atoms with Gasteiger partial charge in [-0.2, -0.15) is 0 Å². The van der Waals surface area contributed by atoms with Gasteiger partial charge in [0.15, 0.2) is 5.78 Å². The number of hydrogen-bond acceptors (Lipinski definition) is 3. The van der Waals surface area contributed by atoms with Crippen LogP contribution in [0.5, 0.6) is 0 Å². The average molecular weight is 336 g/mol. The van der Waals surface area contributed by atoms with Crippen LogP contribution in [0.15, 0.2) is 54.6 Å². The van der Waals surface area contributed by atoms with Gasteiger partial charge in [-0.3, -0.25) is 9.59 Å². The summed E-state index contributed by atoms with van der Waals surface area (Å²) in [6.45, 7) is 3.93. The Balaban J connectivity index is 1.65. The quantitative estimate of drug-likeness (QED) is 0.882. The standard InChI is InChI=1S/C21H24N2O2/c1-15-12-18-10-6-7-11-20(18)23(15)14-21(25)22-19(16(2)24)13-17-8-4-3-5-9-17/h3-11,15,19H,12-14H2,1-2H3,(H,22,25)/t15-,19+/m1/s1. The van der Waals surface area contributed by atoms with Crippen molar-refractivity contribution in [2.24, 2.45) is 0 Å². The Morgan fingerprint density at radius 2 is 1.80 bits per heavy atom. The topological polar surface area (TPSA) is 49.4 Å². The van der Waals surface area contributed by atoms with Gasteiger partial charge < -0.3 is 10.2 Å². The summed E-state index contributed by atoms with van der Waals surface area (Å²) in [6, 6.07) is 17.8. The normalized spacial score (nSPS) is 17.0. The van der Waals surface area contributed by atoms with Gasteiger partial charge >= 0.3 is 0 Å². The number of rotatable bonds is 6. The van der Waals surface area contributed by atoms with E-state index < -0.39 is 6.04 Å². The lowest BCUT2D eigenvalue weighted by Gasteiger charge is -2.25. The van der Waals surface area contributed by atoms with E-state index in [1.165, 1.54) is 12.5 Å². The maximum atomic E-state index is 12.6. The molecule has 0 unspecified atom stereocenters. The molecule has 25 heavy (non-hydrogen) atoms. The van der Waals surface area contributed by atoms with Crippen LogP contribution in [-0.2, 0) is 22.4 Å². The number of fused-ring (bicyclic) bond motifs is 1. The van der Waals surface area contributed by atoms with Crippen LogP contribution in [0.1, 0.15) is 25.0 Å². The van der Waals surface area contributed by atoms with Crippen molar-refractivity contribution < 1.29 is 9.59 Å². The number of hydrogen-bond donors (Lipinski definition) is 1. The minimum absolute atomic E-state index is 0.0212. The first-order chi connectivity index (χ1) is 12.0. The zero-order valence-electron chi connectivity index (χ0n) is 14.7. The van der Waals surface area contributed by atoms with Gasteiger partial charge in [0.1, 0.15) is 0 Å². The predicted molar refractivity (Wildman–Crippen MR) is 99.7 cm³/mol. The fraction of sp³-hybridized carbons (Fsp3) is 0.333. The van der Waals surface area contributed by atoms with E-state index in [2.05, 4.69) is 29.3 Å². The van der Waals surface area contributed by atoms with Gasteiger partial charge in [0.25, 0.3) is 0 Å². The Morgan fingerprint density at radius 3 is 2.52 bits per heavy atom. The molecule has 0 bridgehead atoms. The van der Waals surface area contributed by atoms with Crippen molar-refractivity contribution >= 4 is 17.4 Å². The fourth-order valence-electron chi connectivity index (χ4n) is 3.41.